The van der Waals surface area contributed by atoms with Gasteiger partial charge in [-0.2, -0.15) is 0 Å². The largest absolute Gasteiger partial charge is 0.412 e. The van der Waals surface area contributed by atoms with Crippen LogP contribution in [0, 0.1) is 5.92 Å². The van der Waals surface area contributed by atoms with Crippen LogP contribution in [0.15, 0.2) is 48.5 Å². The molecule has 1 N–H and O–H groups in total. The summed E-state index contributed by atoms with van der Waals surface area (Å²) in [5, 5.41) is 2.85. The van der Waals surface area contributed by atoms with Gasteiger partial charge < -0.3 is 19.7 Å². The van der Waals surface area contributed by atoms with Crippen LogP contribution in [-0.4, -0.2) is 32.4 Å². The van der Waals surface area contributed by atoms with Gasteiger partial charge in [-0.1, -0.05) is 44.2 Å². The van der Waals surface area contributed by atoms with Gasteiger partial charge in [0.2, 0.25) is 0 Å². The van der Waals surface area contributed by atoms with Crippen LogP contribution in [-0.2, 0) is 16.7 Å². The first-order chi connectivity index (χ1) is 13.5. The summed E-state index contributed by atoms with van der Waals surface area (Å²) in [5.41, 5.74) is 3.73. The predicted octanol–water partition coefficient (Wildman–Crippen LogP) is 4.11. The first-order valence-electron chi connectivity index (χ1n) is 9.98. The number of nitrogens with one attached hydrogen (secondary N) is 1. The van der Waals surface area contributed by atoms with Gasteiger partial charge in [0.05, 0.1) is 6.61 Å². The molecule has 1 saturated heterocycles. The van der Waals surface area contributed by atoms with Crippen LogP contribution in [0.3, 0.4) is 0 Å². The highest BCUT2D eigenvalue weighted by Crippen LogP contribution is 2.42. The zero-order valence-electron chi connectivity index (χ0n) is 16.6. The summed E-state index contributed by atoms with van der Waals surface area (Å²) in [6, 6.07) is 16.5. The van der Waals surface area contributed by atoms with Crippen molar-refractivity contribution in [2.75, 3.05) is 31.2 Å². The molecule has 2 heterocycles. The molecule has 148 valence electrons. The molecule has 0 aromatic heterocycles. The molecule has 0 radical (unpaired) electrons. The van der Waals surface area contributed by atoms with Crippen molar-refractivity contribution in [3.8, 4) is 5.75 Å². The average molecular weight is 380 g/mol. The van der Waals surface area contributed by atoms with Crippen LogP contribution in [0.2, 0.25) is 0 Å². The number of rotatable bonds is 5. The molecule has 2 aromatic rings. The number of fused-ring (bicyclic) bond motifs is 1. The Hall–Kier alpha value is -2.53. The maximum Gasteiger partial charge on any atom is 0.412 e. The van der Waals surface area contributed by atoms with Gasteiger partial charge in [0, 0.05) is 43.3 Å². The van der Waals surface area contributed by atoms with Gasteiger partial charge in [0.15, 0.2) is 0 Å². The van der Waals surface area contributed by atoms with Crippen LogP contribution >= 0.6 is 0 Å². The van der Waals surface area contributed by atoms with Gasteiger partial charge in [-0.3, -0.25) is 0 Å². The van der Waals surface area contributed by atoms with Crippen molar-refractivity contribution in [2.24, 2.45) is 5.92 Å². The molecular formula is C23H28N2O3. The number of ether oxygens (including phenoxy) is 2. The number of benzene rings is 2. The lowest BCUT2D eigenvalue weighted by Gasteiger charge is -2.22. The van der Waals surface area contributed by atoms with Gasteiger partial charge in [-0.05, 0) is 35.7 Å². The van der Waals surface area contributed by atoms with E-state index in [2.05, 4.69) is 54.4 Å². The number of hydrogen-bond donors (Lipinski definition) is 1. The average Bonchev–Trinajstić information content (AvgIpc) is 3.28. The maximum absolute atomic E-state index is 12.2. The van der Waals surface area contributed by atoms with E-state index in [4.69, 9.17) is 9.47 Å². The third-order valence-electron chi connectivity index (χ3n) is 5.61. The molecule has 0 saturated carbocycles. The van der Waals surface area contributed by atoms with Crippen molar-refractivity contribution in [3.05, 3.63) is 59.7 Å². The standard InChI is InChI=1S/C23H28N2O3/c1-23(2)16-25(14-17-6-4-3-5-7-17)21-9-8-19(12-20(21)23)28-22(26)24-13-18-10-11-27-15-18/h3-9,12,18H,10-11,13-16H2,1-2H3,(H,24,26). The molecule has 1 unspecified atom stereocenters. The lowest BCUT2D eigenvalue weighted by Crippen LogP contribution is -2.32. The Morgan fingerprint density at radius 2 is 2.07 bits per heavy atom. The first-order valence-corrected chi connectivity index (χ1v) is 9.98. The zero-order valence-corrected chi connectivity index (χ0v) is 16.6. The molecule has 0 bridgehead atoms. The van der Waals surface area contributed by atoms with E-state index in [9.17, 15) is 4.79 Å². The number of carbonyl (C=O) groups excluding carboxylic acids is 1. The fourth-order valence-corrected chi connectivity index (χ4v) is 4.10. The highest BCUT2D eigenvalue weighted by Gasteiger charge is 2.35. The van der Waals surface area contributed by atoms with E-state index < -0.39 is 6.09 Å². The molecule has 1 fully saturated rings. The Bertz CT molecular complexity index is 829. The highest BCUT2D eigenvalue weighted by atomic mass is 16.6. The second kappa shape index (κ2) is 7.84. The van der Waals surface area contributed by atoms with Crippen molar-refractivity contribution >= 4 is 11.8 Å². The van der Waals surface area contributed by atoms with Crippen molar-refractivity contribution in [2.45, 2.75) is 32.2 Å². The lowest BCUT2D eigenvalue weighted by atomic mass is 9.87. The van der Waals surface area contributed by atoms with Crippen LogP contribution in [0.25, 0.3) is 0 Å². The first kappa shape index (κ1) is 18.8. The minimum Gasteiger partial charge on any atom is -0.410 e. The van der Waals surface area contributed by atoms with E-state index >= 15 is 0 Å². The molecule has 2 aromatic carbocycles. The van der Waals surface area contributed by atoms with E-state index in [-0.39, 0.29) is 5.41 Å². The van der Waals surface area contributed by atoms with Crippen LogP contribution in [0.1, 0.15) is 31.4 Å². The van der Waals surface area contributed by atoms with Gasteiger partial charge >= 0.3 is 6.09 Å². The molecule has 1 atom stereocenters. The van der Waals surface area contributed by atoms with Crippen molar-refractivity contribution in [3.63, 3.8) is 0 Å². The monoisotopic (exact) mass is 380 g/mol. The molecule has 0 spiro atoms. The zero-order chi connectivity index (χ0) is 19.6. The number of amides is 1. The predicted molar refractivity (Wildman–Crippen MR) is 110 cm³/mol. The van der Waals surface area contributed by atoms with Crippen molar-refractivity contribution < 1.29 is 14.3 Å². The SMILES string of the molecule is CC1(C)CN(Cc2ccccc2)c2ccc(OC(=O)NCC3CCOC3)cc21. The molecule has 5 nitrogen and oxygen atoms in total. The summed E-state index contributed by atoms with van der Waals surface area (Å²) >= 11 is 0. The summed E-state index contributed by atoms with van der Waals surface area (Å²) in [4.78, 5) is 14.5. The number of carbonyl (C=O) groups is 1. The Morgan fingerprint density at radius 3 is 2.82 bits per heavy atom. The highest BCUT2D eigenvalue weighted by molar-refractivity contribution is 5.72. The summed E-state index contributed by atoms with van der Waals surface area (Å²) in [6.07, 6.45) is 0.591. The normalized spacial score (nSPS) is 20.1. The quantitative estimate of drug-likeness (QED) is 0.848. The molecule has 28 heavy (non-hydrogen) atoms. The van der Waals surface area contributed by atoms with Gasteiger partial charge in [-0.25, -0.2) is 4.79 Å². The summed E-state index contributed by atoms with van der Waals surface area (Å²) in [7, 11) is 0. The van der Waals surface area contributed by atoms with Crippen molar-refractivity contribution in [1.29, 1.82) is 0 Å². The minimum atomic E-state index is -0.399. The molecule has 4 rings (SSSR count). The van der Waals surface area contributed by atoms with Gasteiger partial charge in [-0.15, -0.1) is 0 Å². The summed E-state index contributed by atoms with van der Waals surface area (Å²) < 4.78 is 10.9. The van der Waals surface area contributed by atoms with E-state index in [0.29, 0.717) is 24.8 Å². The third-order valence-corrected chi connectivity index (χ3v) is 5.61. The number of hydrogen-bond acceptors (Lipinski definition) is 4. The Morgan fingerprint density at radius 1 is 1.25 bits per heavy atom. The number of anilines is 1. The van der Waals surface area contributed by atoms with Crippen LogP contribution in [0.5, 0.6) is 5.75 Å². The van der Waals surface area contributed by atoms with Crippen LogP contribution < -0.4 is 15.0 Å². The van der Waals surface area contributed by atoms with Gasteiger partial charge in [0.1, 0.15) is 5.75 Å². The Kier molecular flexibility index (Phi) is 5.27. The Labute approximate surface area is 166 Å². The fraction of sp³-hybridized carbons (Fsp3) is 0.435. The maximum atomic E-state index is 12.2. The second-order valence-electron chi connectivity index (χ2n) is 8.40. The molecule has 1 amide bonds. The number of nitrogens with zero attached hydrogens (tertiary/aromatic N) is 1. The molecule has 2 aliphatic heterocycles. The fourth-order valence-electron chi connectivity index (χ4n) is 4.10. The lowest BCUT2D eigenvalue weighted by molar-refractivity contribution is 0.181. The van der Waals surface area contributed by atoms with E-state index in [1.165, 1.54) is 16.8 Å². The molecular weight excluding hydrogens is 352 g/mol. The molecule has 0 aliphatic carbocycles. The van der Waals surface area contributed by atoms with E-state index in [1.54, 1.807) is 0 Å². The second-order valence-corrected chi connectivity index (χ2v) is 8.40. The third kappa shape index (κ3) is 4.14. The van der Waals surface area contributed by atoms with Crippen LogP contribution in [0.4, 0.5) is 10.5 Å². The van der Waals surface area contributed by atoms with Gasteiger partial charge in [0.25, 0.3) is 0 Å². The smallest absolute Gasteiger partial charge is 0.410 e. The minimum absolute atomic E-state index is 0.00114. The van der Waals surface area contributed by atoms with E-state index in [0.717, 1.165) is 26.1 Å². The Balaban J connectivity index is 1.43. The molecule has 5 heteroatoms. The summed E-state index contributed by atoms with van der Waals surface area (Å²) in [5.74, 6) is 0.978. The molecule has 2 aliphatic rings. The topological polar surface area (TPSA) is 50.8 Å². The van der Waals surface area contributed by atoms with E-state index in [1.807, 2.05) is 18.2 Å². The summed E-state index contributed by atoms with van der Waals surface area (Å²) in [6.45, 7) is 8.38. The van der Waals surface area contributed by atoms with Crippen molar-refractivity contribution in [1.82, 2.24) is 5.32 Å².